The highest BCUT2D eigenvalue weighted by molar-refractivity contribution is 7.19. The Morgan fingerprint density at radius 1 is 1.30 bits per heavy atom. The monoisotopic (exact) mass is 457 g/mol. The Kier molecular flexibility index (Phi) is 4.43. The van der Waals surface area contributed by atoms with Crippen molar-refractivity contribution in [3.05, 3.63) is 47.8 Å². The molecule has 2 aliphatic rings. The molecule has 2 aliphatic heterocycles. The third-order valence-corrected chi connectivity index (χ3v) is 7.06. The van der Waals surface area contributed by atoms with Crippen LogP contribution in [0.25, 0.3) is 32.7 Å². The van der Waals surface area contributed by atoms with Crippen LogP contribution in [-0.2, 0) is 4.74 Å². The molecule has 0 radical (unpaired) electrons. The van der Waals surface area contributed by atoms with E-state index in [9.17, 15) is 10.1 Å². The number of carbonyl (C=O) groups is 1. The lowest BCUT2D eigenvalue weighted by atomic mass is 9.78. The topological polar surface area (TPSA) is 120 Å². The Morgan fingerprint density at radius 2 is 2.15 bits per heavy atom. The number of urea groups is 1. The van der Waals surface area contributed by atoms with Crippen molar-refractivity contribution in [3.63, 3.8) is 0 Å². The number of pyridine rings is 1. The number of carbonyl (C=O) groups excluding carboxylic acids is 1. The molecule has 164 valence electrons. The van der Waals surface area contributed by atoms with E-state index in [2.05, 4.69) is 26.6 Å². The van der Waals surface area contributed by atoms with Crippen molar-refractivity contribution in [2.75, 3.05) is 31.6 Å². The molecule has 33 heavy (non-hydrogen) atoms. The van der Waals surface area contributed by atoms with E-state index in [0.717, 1.165) is 40.3 Å². The molecule has 0 bridgehead atoms. The number of anilines is 1. The summed E-state index contributed by atoms with van der Waals surface area (Å²) in [6, 6.07) is 11.3. The predicted octanol–water partition coefficient (Wildman–Crippen LogP) is 3.79. The van der Waals surface area contributed by atoms with Gasteiger partial charge in [0, 0.05) is 35.3 Å². The van der Waals surface area contributed by atoms with E-state index >= 15 is 0 Å². The number of hydrogen-bond donors (Lipinski definition) is 2. The second-order valence-corrected chi connectivity index (χ2v) is 9.61. The number of benzene rings is 1. The smallest absolute Gasteiger partial charge is 0.323 e. The summed E-state index contributed by atoms with van der Waals surface area (Å²) in [5, 5.41) is 20.8. The van der Waals surface area contributed by atoms with E-state index in [-0.39, 0.29) is 11.4 Å². The molecule has 0 unspecified atom stereocenters. The number of amides is 2. The van der Waals surface area contributed by atoms with Crippen molar-refractivity contribution in [1.82, 2.24) is 25.1 Å². The number of fused-ring (bicyclic) bond motifs is 1. The number of H-pyrrole nitrogens is 1. The molecule has 10 heteroatoms. The number of nitrogens with one attached hydrogen (secondary N) is 2. The zero-order chi connectivity index (χ0) is 22.6. The lowest BCUT2D eigenvalue weighted by Crippen LogP contribution is -2.67. The Labute approximate surface area is 193 Å². The number of aromatic amines is 1. The van der Waals surface area contributed by atoms with Crippen LogP contribution in [-0.4, -0.2) is 57.4 Å². The predicted molar refractivity (Wildman–Crippen MR) is 124 cm³/mol. The summed E-state index contributed by atoms with van der Waals surface area (Å²) in [5.41, 5.74) is 4.66. The molecule has 5 heterocycles. The Bertz CT molecular complexity index is 1440. The molecule has 1 spiro atoms. The Morgan fingerprint density at radius 3 is 2.91 bits per heavy atom. The van der Waals surface area contributed by atoms with Crippen LogP contribution in [0.15, 0.2) is 36.5 Å². The van der Waals surface area contributed by atoms with Crippen molar-refractivity contribution in [2.45, 2.75) is 6.92 Å². The van der Waals surface area contributed by atoms with Gasteiger partial charge in [0.05, 0.1) is 47.0 Å². The van der Waals surface area contributed by atoms with Crippen LogP contribution in [0.2, 0.25) is 0 Å². The summed E-state index contributed by atoms with van der Waals surface area (Å²) < 4.78 is 5.30. The fraction of sp³-hybridized carbons (Fsp3) is 0.261. The number of likely N-dealkylation sites (tertiary alicyclic amines) is 1. The number of nitriles is 1. The number of rotatable bonds is 3. The van der Waals surface area contributed by atoms with E-state index in [4.69, 9.17) is 9.72 Å². The summed E-state index contributed by atoms with van der Waals surface area (Å²) in [5.74, 6) is 0. The molecular formula is C23H19N7O2S. The molecule has 9 nitrogen and oxygen atoms in total. The van der Waals surface area contributed by atoms with Crippen molar-refractivity contribution in [1.29, 1.82) is 5.26 Å². The summed E-state index contributed by atoms with van der Waals surface area (Å²) in [6.45, 7) is 4.77. The van der Waals surface area contributed by atoms with E-state index in [1.165, 1.54) is 11.3 Å². The zero-order valence-electron chi connectivity index (χ0n) is 17.8. The summed E-state index contributed by atoms with van der Waals surface area (Å²) in [4.78, 5) is 24.8. The van der Waals surface area contributed by atoms with E-state index < -0.39 is 0 Å². The van der Waals surface area contributed by atoms with Gasteiger partial charge >= 0.3 is 6.03 Å². The number of aryl methyl sites for hydroxylation is 1. The van der Waals surface area contributed by atoms with Gasteiger partial charge in [-0.15, -0.1) is 0 Å². The minimum Gasteiger partial charge on any atom is -0.380 e. The van der Waals surface area contributed by atoms with Crippen LogP contribution >= 0.6 is 11.3 Å². The molecule has 6 rings (SSSR count). The van der Waals surface area contributed by atoms with Gasteiger partial charge in [-0.1, -0.05) is 23.5 Å². The fourth-order valence-corrected chi connectivity index (χ4v) is 5.39. The second-order valence-electron chi connectivity index (χ2n) is 8.61. The minimum atomic E-state index is -0.162. The van der Waals surface area contributed by atoms with E-state index in [0.29, 0.717) is 35.1 Å². The van der Waals surface area contributed by atoms with Crippen LogP contribution in [0.1, 0.15) is 11.3 Å². The van der Waals surface area contributed by atoms with Gasteiger partial charge in [-0.25, -0.2) is 14.8 Å². The average molecular weight is 458 g/mol. The number of thiazole rings is 1. The minimum absolute atomic E-state index is 0.149. The molecule has 2 saturated heterocycles. The highest BCUT2D eigenvalue weighted by Crippen LogP contribution is 2.42. The number of nitrogens with zero attached hydrogens (tertiary/aromatic N) is 5. The van der Waals surface area contributed by atoms with Gasteiger partial charge in [-0.05, 0) is 25.1 Å². The molecule has 3 aromatic heterocycles. The van der Waals surface area contributed by atoms with Gasteiger partial charge in [-0.2, -0.15) is 10.4 Å². The van der Waals surface area contributed by atoms with Crippen molar-refractivity contribution < 1.29 is 9.53 Å². The molecule has 2 N–H and O–H groups in total. The lowest BCUT2D eigenvalue weighted by Gasteiger charge is -2.54. The molecule has 1 aromatic carbocycles. The first kappa shape index (κ1) is 19.8. The highest BCUT2D eigenvalue weighted by atomic mass is 32.1. The van der Waals surface area contributed by atoms with Crippen LogP contribution < -0.4 is 5.32 Å². The highest BCUT2D eigenvalue weighted by Gasteiger charge is 2.50. The SMILES string of the molecule is Cc1cc(-c2sc(NC(=O)N3CC4(COC4)C3)nc2-c2cccc(C#N)c2)c2cn[nH]c2n1. The summed E-state index contributed by atoms with van der Waals surface area (Å²) >= 11 is 1.40. The standard InChI is InChI=1S/C23H19N7O2S/c1-13-5-16(17-8-25-29-20(17)26-13)19-18(15-4-2-3-14(6-15)7-24)27-21(33-19)28-22(31)30-9-23(10-30)11-32-12-23/h2-6,8H,9-12H2,1H3,(H,25,26,29)(H,27,28,31). The Balaban J connectivity index is 1.41. The van der Waals surface area contributed by atoms with Gasteiger partial charge in [-0.3, -0.25) is 10.4 Å². The molecule has 2 fully saturated rings. The van der Waals surface area contributed by atoms with Crippen LogP contribution in [0, 0.1) is 23.7 Å². The molecule has 0 saturated carbocycles. The second kappa shape index (κ2) is 7.37. The largest absolute Gasteiger partial charge is 0.380 e. The summed E-state index contributed by atoms with van der Waals surface area (Å²) in [7, 11) is 0. The van der Waals surface area contributed by atoms with Crippen molar-refractivity contribution >= 4 is 33.5 Å². The van der Waals surface area contributed by atoms with E-state index in [1.807, 2.05) is 25.1 Å². The molecule has 0 aliphatic carbocycles. The molecular weight excluding hydrogens is 438 g/mol. The molecule has 2 amide bonds. The van der Waals surface area contributed by atoms with Crippen LogP contribution in [0.4, 0.5) is 9.93 Å². The van der Waals surface area contributed by atoms with Gasteiger partial charge in [0.25, 0.3) is 0 Å². The molecule has 0 atom stereocenters. The quantitative estimate of drug-likeness (QED) is 0.483. The van der Waals surface area contributed by atoms with Gasteiger partial charge in [0.15, 0.2) is 10.8 Å². The average Bonchev–Trinajstić information content (AvgIpc) is 3.38. The zero-order valence-corrected chi connectivity index (χ0v) is 18.6. The first-order chi connectivity index (χ1) is 16.0. The maximum atomic E-state index is 12.8. The number of aromatic nitrogens is 4. The molecule has 4 aromatic rings. The van der Waals surface area contributed by atoms with Gasteiger partial charge in [0.1, 0.15) is 0 Å². The normalized spacial score (nSPS) is 16.3. The van der Waals surface area contributed by atoms with E-state index in [1.54, 1.807) is 23.2 Å². The number of ether oxygens (including phenoxy) is 1. The third kappa shape index (κ3) is 3.33. The fourth-order valence-electron chi connectivity index (χ4n) is 4.38. The maximum Gasteiger partial charge on any atom is 0.323 e. The van der Waals surface area contributed by atoms with Gasteiger partial charge in [0.2, 0.25) is 0 Å². The van der Waals surface area contributed by atoms with Crippen molar-refractivity contribution in [3.8, 4) is 27.8 Å². The lowest BCUT2D eigenvalue weighted by molar-refractivity contribution is -0.174. The van der Waals surface area contributed by atoms with Gasteiger partial charge < -0.3 is 9.64 Å². The first-order valence-corrected chi connectivity index (χ1v) is 11.3. The third-order valence-electron chi connectivity index (χ3n) is 6.06. The van der Waals surface area contributed by atoms with Crippen LogP contribution in [0.5, 0.6) is 0 Å². The maximum absolute atomic E-state index is 12.8. The summed E-state index contributed by atoms with van der Waals surface area (Å²) in [6.07, 6.45) is 1.74. The van der Waals surface area contributed by atoms with Crippen LogP contribution in [0.3, 0.4) is 0 Å². The first-order valence-electron chi connectivity index (χ1n) is 10.5. The Hall–Kier alpha value is -3.81. The van der Waals surface area contributed by atoms with Crippen molar-refractivity contribution in [2.24, 2.45) is 5.41 Å². The number of hydrogen-bond acceptors (Lipinski definition) is 7.